The van der Waals surface area contributed by atoms with Gasteiger partial charge in [0, 0.05) is 0 Å². The van der Waals surface area contributed by atoms with Crippen LogP contribution in [0.5, 0.6) is 0 Å². The molecule has 0 fully saturated rings. The predicted molar refractivity (Wildman–Crippen MR) is 54.3 cm³/mol. The Labute approximate surface area is 94.4 Å². The van der Waals surface area contributed by atoms with Crippen molar-refractivity contribution >= 4 is 34.5 Å². The summed E-state index contributed by atoms with van der Waals surface area (Å²) in [5, 5.41) is 17.9. The Balaban J connectivity index is 3.11. The van der Waals surface area contributed by atoms with Crippen molar-refractivity contribution in [2.24, 2.45) is 5.41 Å². The van der Waals surface area contributed by atoms with Crippen LogP contribution in [0.15, 0.2) is 23.8 Å². The second kappa shape index (κ2) is 3.76. The Morgan fingerprint density at radius 3 is 2.50 bits per heavy atom. The molecule has 14 heavy (non-hydrogen) atoms. The SMILES string of the molecule is CC1(C(=O)O)C=CC=C(C(=O)O)[CH]1[SnH3]. The first-order valence-electron chi connectivity index (χ1n) is 4.25. The molecular formula is C9H12O4Sn. The van der Waals surface area contributed by atoms with Crippen molar-refractivity contribution in [2.75, 3.05) is 0 Å². The van der Waals surface area contributed by atoms with Gasteiger partial charge in [-0.15, -0.1) is 0 Å². The second-order valence-corrected chi connectivity index (χ2v) is 6.89. The van der Waals surface area contributed by atoms with Crippen LogP contribution in [-0.2, 0) is 9.59 Å². The summed E-state index contributed by atoms with van der Waals surface area (Å²) in [7, 11) is 0. The minimum atomic E-state index is -1.03. The molecule has 5 heteroatoms. The van der Waals surface area contributed by atoms with Crippen molar-refractivity contribution in [1.82, 2.24) is 0 Å². The molecule has 0 radical (unpaired) electrons. The summed E-state index contributed by atoms with van der Waals surface area (Å²) in [5.41, 5.74) is -0.799. The maximum atomic E-state index is 11.0. The molecule has 0 spiro atoms. The van der Waals surface area contributed by atoms with Crippen LogP contribution in [0, 0.1) is 5.41 Å². The summed E-state index contributed by atoms with van der Waals surface area (Å²) in [5.74, 6) is -1.96. The molecule has 0 saturated carbocycles. The van der Waals surface area contributed by atoms with Crippen molar-refractivity contribution in [3.63, 3.8) is 0 Å². The molecule has 0 amide bonds. The molecule has 2 N–H and O–H groups in total. The molecule has 2 atom stereocenters. The zero-order valence-corrected chi connectivity index (χ0v) is 13.7. The van der Waals surface area contributed by atoms with Gasteiger partial charge in [-0.05, 0) is 0 Å². The Morgan fingerprint density at radius 1 is 1.50 bits per heavy atom. The molecule has 2 unspecified atom stereocenters. The molecule has 0 aliphatic heterocycles. The first-order chi connectivity index (χ1) is 6.39. The molecule has 1 aliphatic carbocycles. The van der Waals surface area contributed by atoms with Gasteiger partial charge in [-0.25, -0.2) is 0 Å². The van der Waals surface area contributed by atoms with Gasteiger partial charge in [-0.1, -0.05) is 0 Å². The third-order valence-corrected chi connectivity index (χ3v) is 7.99. The normalized spacial score (nSPS) is 31.2. The van der Waals surface area contributed by atoms with E-state index in [0.717, 1.165) is 0 Å². The molecule has 0 heterocycles. The van der Waals surface area contributed by atoms with Crippen LogP contribution in [0.1, 0.15) is 6.92 Å². The van der Waals surface area contributed by atoms with Gasteiger partial charge in [0.25, 0.3) is 0 Å². The van der Waals surface area contributed by atoms with Crippen molar-refractivity contribution in [2.45, 2.75) is 10.9 Å². The van der Waals surface area contributed by atoms with Crippen LogP contribution in [0.3, 0.4) is 0 Å². The standard InChI is InChI=1S/C9H9O4.Sn.3H/c1-9(8(12)13)4-2-3-6(5-9)7(10)11;;;;/h2-5H,1H3,(H,10,11)(H,12,13);;;;. The zero-order valence-electron chi connectivity index (χ0n) is 8.02. The fourth-order valence-corrected chi connectivity index (χ4v) is 3.98. The first kappa shape index (κ1) is 11.3. The van der Waals surface area contributed by atoms with Gasteiger partial charge in [-0.2, -0.15) is 0 Å². The van der Waals surface area contributed by atoms with Crippen LogP contribution in [0.25, 0.3) is 0 Å². The third kappa shape index (κ3) is 1.70. The average molecular weight is 303 g/mol. The number of carbonyl (C=O) groups is 2. The molecule has 0 saturated heterocycles. The van der Waals surface area contributed by atoms with E-state index < -0.39 is 17.4 Å². The summed E-state index contributed by atoms with van der Waals surface area (Å²) < 4.78 is -0.315. The van der Waals surface area contributed by atoms with Gasteiger partial charge >= 0.3 is 94.3 Å². The fraction of sp³-hybridized carbons (Fsp3) is 0.333. The van der Waals surface area contributed by atoms with E-state index in [4.69, 9.17) is 10.2 Å². The summed E-state index contributed by atoms with van der Waals surface area (Å²) in [4.78, 5) is 21.8. The summed E-state index contributed by atoms with van der Waals surface area (Å²) >= 11 is -0.0585. The van der Waals surface area contributed by atoms with E-state index in [1.165, 1.54) is 12.2 Å². The van der Waals surface area contributed by atoms with Gasteiger partial charge in [0.1, 0.15) is 0 Å². The Morgan fingerprint density at radius 2 is 2.07 bits per heavy atom. The van der Waals surface area contributed by atoms with Crippen LogP contribution in [0.2, 0.25) is 3.93 Å². The van der Waals surface area contributed by atoms with E-state index in [9.17, 15) is 9.59 Å². The van der Waals surface area contributed by atoms with Crippen LogP contribution in [-0.4, -0.2) is 44.7 Å². The molecule has 0 aromatic rings. The molecule has 4 nitrogen and oxygen atoms in total. The summed E-state index contributed by atoms with van der Waals surface area (Å²) in [6.07, 6.45) is 4.58. The van der Waals surface area contributed by atoms with Crippen LogP contribution < -0.4 is 0 Å². The number of carboxylic acid groups (broad SMARTS) is 2. The van der Waals surface area contributed by atoms with Gasteiger partial charge in [0.15, 0.2) is 0 Å². The van der Waals surface area contributed by atoms with E-state index in [0.29, 0.717) is 0 Å². The number of carboxylic acids is 2. The van der Waals surface area contributed by atoms with Crippen molar-refractivity contribution < 1.29 is 19.8 Å². The predicted octanol–water partition coefficient (Wildman–Crippen LogP) is -0.188. The number of hydrogen-bond donors (Lipinski definition) is 2. The Hall–Kier alpha value is -0.781. The topological polar surface area (TPSA) is 74.6 Å². The summed E-state index contributed by atoms with van der Waals surface area (Å²) in [6.45, 7) is 1.57. The van der Waals surface area contributed by atoms with Crippen LogP contribution >= 0.6 is 0 Å². The Kier molecular flexibility index (Phi) is 3.03. The van der Waals surface area contributed by atoms with Gasteiger partial charge in [-0.3, -0.25) is 0 Å². The molecular weight excluding hydrogens is 291 g/mol. The quantitative estimate of drug-likeness (QED) is 0.694. The minimum absolute atomic E-state index is 0.0585. The molecule has 1 aliphatic rings. The van der Waals surface area contributed by atoms with Gasteiger partial charge in [0.2, 0.25) is 0 Å². The number of allylic oxidation sites excluding steroid dienone is 2. The molecule has 0 aromatic heterocycles. The molecule has 76 valence electrons. The third-order valence-electron chi connectivity index (χ3n) is 2.79. The van der Waals surface area contributed by atoms with Crippen molar-refractivity contribution in [1.29, 1.82) is 0 Å². The number of rotatable bonds is 2. The molecule has 0 bridgehead atoms. The summed E-state index contributed by atoms with van der Waals surface area (Å²) in [6, 6.07) is 0. The van der Waals surface area contributed by atoms with E-state index in [2.05, 4.69) is 0 Å². The second-order valence-electron chi connectivity index (χ2n) is 3.60. The van der Waals surface area contributed by atoms with Crippen LogP contribution in [0.4, 0.5) is 0 Å². The Bertz CT molecular complexity index is 345. The number of aliphatic carboxylic acids is 2. The van der Waals surface area contributed by atoms with E-state index >= 15 is 0 Å². The van der Waals surface area contributed by atoms with E-state index in [1.54, 1.807) is 13.0 Å². The van der Waals surface area contributed by atoms with Crippen molar-refractivity contribution in [3.05, 3.63) is 23.8 Å². The van der Waals surface area contributed by atoms with Crippen molar-refractivity contribution in [3.8, 4) is 0 Å². The van der Waals surface area contributed by atoms with E-state index in [1.807, 2.05) is 0 Å². The van der Waals surface area contributed by atoms with Gasteiger partial charge < -0.3 is 0 Å². The molecule has 1 rings (SSSR count). The van der Waals surface area contributed by atoms with E-state index in [-0.39, 0.29) is 32.0 Å². The fourth-order valence-electron chi connectivity index (χ4n) is 1.48. The van der Waals surface area contributed by atoms with Gasteiger partial charge in [0.05, 0.1) is 0 Å². The number of hydrogen-bond acceptors (Lipinski definition) is 2. The maximum absolute atomic E-state index is 11.0. The average Bonchev–Trinajstić information content (AvgIpc) is 2.09. The zero-order chi connectivity index (χ0) is 10.9. The monoisotopic (exact) mass is 304 g/mol. The first-order valence-corrected chi connectivity index (χ1v) is 7.55. The molecule has 0 aromatic carbocycles.